The molecule has 2 unspecified atom stereocenters. The third-order valence-electron chi connectivity index (χ3n) is 14.6. The number of alkyl halides is 1. The quantitative estimate of drug-likeness (QED) is 0.126. The molecule has 2 fully saturated rings. The van der Waals surface area contributed by atoms with Crippen LogP contribution in [0.2, 0.25) is 0 Å². The third kappa shape index (κ3) is 14.9. The van der Waals surface area contributed by atoms with Crippen molar-refractivity contribution in [3.8, 4) is 5.75 Å². The predicted octanol–water partition coefficient (Wildman–Crippen LogP) is -0.0792. The maximum Gasteiger partial charge on any atom is 0.246 e. The van der Waals surface area contributed by atoms with Crippen LogP contribution in [0.3, 0.4) is 0 Å². The number of carbonyl (C=O) groups is 10. The number of H-pyrrole nitrogens is 1. The molecule has 10 amide bonds. The molecule has 7 rings (SSSR count). The van der Waals surface area contributed by atoms with Gasteiger partial charge in [0.05, 0.1) is 19.6 Å². The molecule has 8 atom stereocenters. The zero-order chi connectivity index (χ0) is 56.1. The van der Waals surface area contributed by atoms with Gasteiger partial charge in [-0.05, 0) is 93.6 Å². The second-order valence-corrected chi connectivity index (χ2v) is 20.6. The van der Waals surface area contributed by atoms with Crippen LogP contribution in [-0.4, -0.2) is 173 Å². The highest BCUT2D eigenvalue weighted by atomic mass is 31.0. The van der Waals surface area contributed by atoms with Crippen LogP contribution in [-0.2, 0) is 60.8 Å². The van der Waals surface area contributed by atoms with Crippen LogP contribution in [0.5, 0.6) is 5.75 Å². The lowest BCUT2D eigenvalue weighted by Crippen LogP contribution is -2.64. The largest absolute Gasteiger partial charge is 0.492 e. The van der Waals surface area contributed by atoms with E-state index in [9.17, 15) is 47.9 Å². The number of hydrogen-bond acceptors (Lipinski definition) is 11. The van der Waals surface area contributed by atoms with E-state index in [0.29, 0.717) is 30.6 Å². The van der Waals surface area contributed by atoms with Gasteiger partial charge in [-0.1, -0.05) is 32.0 Å². The van der Waals surface area contributed by atoms with Gasteiger partial charge in [0.1, 0.15) is 60.3 Å². The molecule has 3 aromatic rings. The highest BCUT2D eigenvalue weighted by Gasteiger charge is 2.49. The fourth-order valence-corrected chi connectivity index (χ4v) is 10.3. The Balaban J connectivity index is 1.21. The first-order valence-electron chi connectivity index (χ1n) is 26.3. The summed E-state index contributed by atoms with van der Waals surface area (Å²) in [6.45, 7) is 7.49. The van der Waals surface area contributed by atoms with Crippen molar-refractivity contribution in [3.63, 3.8) is 0 Å². The Morgan fingerprint density at radius 2 is 1.38 bits per heavy atom. The molecule has 0 saturated carbocycles. The molecule has 2 bridgehead atoms. The van der Waals surface area contributed by atoms with E-state index in [0.717, 1.165) is 26.7 Å². The molecular formula is C53H73FN11O11P. The zero-order valence-electron chi connectivity index (χ0n) is 44.6. The molecule has 0 spiro atoms. The van der Waals surface area contributed by atoms with Crippen LogP contribution in [0.1, 0.15) is 90.7 Å². The van der Waals surface area contributed by atoms with Gasteiger partial charge in [0.2, 0.25) is 59.1 Å². The van der Waals surface area contributed by atoms with Gasteiger partial charge in [0.15, 0.2) is 0 Å². The fraction of sp³-hybridized carbons (Fsp3) is 0.547. The number of nitrogens with one attached hydrogen (secondary N) is 8. The molecular weight excluding hydrogens is 1020 g/mol. The molecule has 4 aliphatic heterocycles. The minimum atomic E-state index is -1.63. The molecule has 8 N–H and O–H groups in total. The van der Waals surface area contributed by atoms with Crippen LogP contribution in [0.15, 0.2) is 48.7 Å². The monoisotopic (exact) mass is 1090 g/mol. The molecule has 0 radical (unpaired) electrons. The van der Waals surface area contributed by atoms with Gasteiger partial charge in [-0.3, -0.25) is 47.9 Å². The summed E-state index contributed by atoms with van der Waals surface area (Å²) in [5.41, 5.74) is 0.728. The fourth-order valence-electron chi connectivity index (χ4n) is 10.1. The number of carbonyl (C=O) groups excluding carboxylic acids is 10. The van der Waals surface area contributed by atoms with Gasteiger partial charge in [0, 0.05) is 62.9 Å². The SMILES string of the molecule is CCC1(CC)C(=O)N[C@@H](C)C(=O)N2CCCC2C(=O)NCCc2ccc(cc2)OCCNC(=O)CCC(=O)NCC(=O)N[C@H](C)C(=O)N[C@@H](Cc2c[nH]c3ccc(P)cc23)C(=O)N[C@@H](C)C(=O)N2C[C@@H](F)C[C@H]2C(=O)N1C. The summed E-state index contributed by atoms with van der Waals surface area (Å²) in [6.07, 6.45) is 0.784. The lowest BCUT2D eigenvalue weighted by Gasteiger charge is -2.42. The number of fused-ring (bicyclic) bond motifs is 31. The van der Waals surface area contributed by atoms with Crippen molar-refractivity contribution in [2.45, 2.75) is 140 Å². The van der Waals surface area contributed by atoms with Gasteiger partial charge < -0.3 is 61.6 Å². The number of nitrogens with zero attached hydrogens (tertiary/aromatic N) is 3. The van der Waals surface area contributed by atoms with Crippen molar-refractivity contribution in [2.75, 3.05) is 46.4 Å². The van der Waals surface area contributed by atoms with Crippen molar-refractivity contribution in [1.82, 2.24) is 56.9 Å². The number of amides is 10. The summed E-state index contributed by atoms with van der Waals surface area (Å²) in [4.78, 5) is 143. The van der Waals surface area contributed by atoms with Crippen LogP contribution in [0.4, 0.5) is 4.39 Å². The number of rotatable bonds is 4. The van der Waals surface area contributed by atoms with E-state index in [-0.39, 0.29) is 64.3 Å². The molecule has 0 aliphatic carbocycles. The lowest BCUT2D eigenvalue weighted by molar-refractivity contribution is -0.154. The van der Waals surface area contributed by atoms with Crippen molar-refractivity contribution in [1.29, 1.82) is 0 Å². The van der Waals surface area contributed by atoms with Gasteiger partial charge in [0.25, 0.3) is 0 Å². The summed E-state index contributed by atoms with van der Waals surface area (Å²) in [6, 6.07) is 5.57. The first-order chi connectivity index (χ1) is 36.7. The van der Waals surface area contributed by atoms with Crippen molar-refractivity contribution >= 4 is 84.5 Å². The first-order valence-corrected chi connectivity index (χ1v) is 26.9. The van der Waals surface area contributed by atoms with Crippen LogP contribution >= 0.6 is 9.24 Å². The number of likely N-dealkylation sites (N-methyl/N-ethyl adjacent to an activating group) is 1. The zero-order valence-corrected chi connectivity index (χ0v) is 45.7. The second kappa shape index (κ2) is 26.7. The highest BCUT2D eigenvalue weighted by molar-refractivity contribution is 7.27. The summed E-state index contributed by atoms with van der Waals surface area (Å²) < 4.78 is 21.2. The topological polar surface area (TPSA) is 290 Å². The second-order valence-electron chi connectivity index (χ2n) is 19.9. The summed E-state index contributed by atoms with van der Waals surface area (Å²) in [7, 11) is 3.98. The van der Waals surface area contributed by atoms with Crippen LogP contribution in [0.25, 0.3) is 10.9 Å². The molecule has 24 heteroatoms. The predicted molar refractivity (Wildman–Crippen MR) is 286 cm³/mol. The minimum Gasteiger partial charge on any atom is -0.492 e. The number of aromatic amines is 1. The molecule has 1 aromatic heterocycles. The lowest BCUT2D eigenvalue weighted by atomic mass is 9.88. The Kier molecular flexibility index (Phi) is 20.5. The number of hydrogen-bond donors (Lipinski definition) is 8. The summed E-state index contributed by atoms with van der Waals surface area (Å²) >= 11 is 0. The van der Waals surface area contributed by atoms with E-state index in [1.165, 1.54) is 37.6 Å². The molecule has 77 heavy (non-hydrogen) atoms. The number of benzene rings is 2. The maximum atomic E-state index is 15.5. The van der Waals surface area contributed by atoms with Gasteiger partial charge in [-0.25, -0.2) is 4.39 Å². The van der Waals surface area contributed by atoms with E-state index in [1.54, 1.807) is 32.2 Å². The highest BCUT2D eigenvalue weighted by Crippen LogP contribution is 2.30. The third-order valence-corrected chi connectivity index (χ3v) is 15.0. The number of halogens is 1. The van der Waals surface area contributed by atoms with E-state index in [4.69, 9.17) is 4.74 Å². The van der Waals surface area contributed by atoms with Gasteiger partial charge in [-0.2, -0.15) is 0 Å². The molecule has 5 heterocycles. The van der Waals surface area contributed by atoms with E-state index in [1.807, 2.05) is 30.3 Å². The summed E-state index contributed by atoms with van der Waals surface area (Å²) in [5.74, 6) is -5.81. The Labute approximate surface area is 449 Å². The van der Waals surface area contributed by atoms with Crippen molar-refractivity contribution in [2.24, 2.45) is 0 Å². The van der Waals surface area contributed by atoms with E-state index >= 15 is 4.39 Å². The van der Waals surface area contributed by atoms with Crippen molar-refractivity contribution < 1.29 is 57.1 Å². The maximum absolute atomic E-state index is 15.5. The Morgan fingerprint density at radius 1 is 0.701 bits per heavy atom. The Bertz CT molecular complexity index is 2680. The molecule has 418 valence electrons. The number of aromatic nitrogens is 1. The van der Waals surface area contributed by atoms with E-state index < -0.39 is 121 Å². The van der Waals surface area contributed by atoms with Crippen LogP contribution in [0, 0.1) is 0 Å². The van der Waals surface area contributed by atoms with Gasteiger partial charge >= 0.3 is 0 Å². The minimum absolute atomic E-state index is 0.0790. The Hall–Kier alpha value is -7.16. The standard InChI is InChI=1S/C53H73FN11O11P/c1-7-53(8-2)52(75)61-32(5)49(72)64-22-9-10-41(64)48(71)56-20-19-33-11-13-36(14-12-33)76-23-21-55-43(66)17-18-44(67)58-28-45(68)59-30(3)46(69)62-40(24-34-27-57-39-16-15-37(77)26-38(34)39)47(70)60-31(4)50(73)65-29-35(54)25-42(65)51(74)63(53)6/h11-16,26-27,30-32,35,40-42,57H,7-10,17-25,28-29,77H2,1-6H3,(H,55,66)(H,56,71)(H,58,67)(H,59,68)(H,60,70)(H,61,75)(H,62,69)/t30-,31+,32+,35+,40+,41?,42+/m1/s1. The Morgan fingerprint density at radius 3 is 2.08 bits per heavy atom. The normalized spacial score (nSPS) is 25.9. The summed E-state index contributed by atoms with van der Waals surface area (Å²) in [5, 5.41) is 20.2. The smallest absolute Gasteiger partial charge is 0.246 e. The van der Waals surface area contributed by atoms with E-state index in [2.05, 4.69) is 51.4 Å². The number of ether oxygens (including phenoxy) is 1. The van der Waals surface area contributed by atoms with Gasteiger partial charge in [-0.15, -0.1) is 9.24 Å². The molecule has 22 nitrogen and oxygen atoms in total. The van der Waals surface area contributed by atoms with Crippen molar-refractivity contribution in [3.05, 3.63) is 59.8 Å². The molecule has 2 saturated heterocycles. The van der Waals surface area contributed by atoms with Crippen LogP contribution < -0.4 is 47.3 Å². The average Bonchev–Trinajstić information content (AvgIpc) is 4.17. The first kappa shape index (κ1) is 59.1. The average molecular weight is 1090 g/mol. The molecule has 4 aliphatic rings. The molecule has 2 aromatic carbocycles.